The second-order valence-corrected chi connectivity index (χ2v) is 13.0. The van der Waals surface area contributed by atoms with Crippen molar-refractivity contribution in [3.63, 3.8) is 0 Å². The van der Waals surface area contributed by atoms with E-state index < -0.39 is 81.6 Å². The number of ether oxygens (including phenoxy) is 2. The van der Waals surface area contributed by atoms with Gasteiger partial charge < -0.3 is 19.7 Å². The summed E-state index contributed by atoms with van der Waals surface area (Å²) < 4.78 is 44.0. The SMILES string of the molecule is CC(OC(=O)O[C@@]1(C(=O)O)[C@H](C)C[C@H]2[C@@H]3C[C@H](F)C4=CC(=O)C=C[C@]4(C)C3(F)[C@@H](O)C[C@@]21C)C(C)(C)C. The van der Waals surface area contributed by atoms with E-state index in [2.05, 4.69) is 0 Å². The molecule has 10 atom stereocenters. The van der Waals surface area contributed by atoms with Gasteiger partial charge in [0.1, 0.15) is 12.3 Å². The molecule has 0 saturated heterocycles. The van der Waals surface area contributed by atoms with Gasteiger partial charge >= 0.3 is 12.1 Å². The zero-order chi connectivity index (χ0) is 27.9. The first-order chi connectivity index (χ1) is 16.9. The lowest BCUT2D eigenvalue weighted by molar-refractivity contribution is -0.232. The molecule has 2 unspecified atom stereocenters. The molecule has 0 aliphatic heterocycles. The van der Waals surface area contributed by atoms with Gasteiger partial charge in [-0.05, 0) is 62.2 Å². The smallest absolute Gasteiger partial charge is 0.478 e. The number of allylic oxidation sites excluding steroid dienone is 4. The van der Waals surface area contributed by atoms with Crippen molar-refractivity contribution in [3.05, 3.63) is 23.8 Å². The van der Waals surface area contributed by atoms with Crippen LogP contribution in [0.5, 0.6) is 0 Å². The maximum Gasteiger partial charge on any atom is 0.509 e. The van der Waals surface area contributed by atoms with Crippen molar-refractivity contribution in [2.75, 3.05) is 0 Å². The van der Waals surface area contributed by atoms with E-state index in [1.54, 1.807) is 20.8 Å². The first-order valence-corrected chi connectivity index (χ1v) is 13.0. The van der Waals surface area contributed by atoms with E-state index in [1.807, 2.05) is 20.8 Å². The Morgan fingerprint density at radius 1 is 1.19 bits per heavy atom. The predicted molar refractivity (Wildman–Crippen MR) is 130 cm³/mol. The molecule has 0 bridgehead atoms. The number of hydrogen-bond acceptors (Lipinski definition) is 6. The van der Waals surface area contributed by atoms with Gasteiger partial charge in [-0.25, -0.2) is 18.4 Å². The van der Waals surface area contributed by atoms with Gasteiger partial charge in [0.15, 0.2) is 11.5 Å². The van der Waals surface area contributed by atoms with Crippen LogP contribution in [0.15, 0.2) is 23.8 Å². The van der Waals surface area contributed by atoms with E-state index in [-0.39, 0.29) is 24.8 Å². The molecule has 0 heterocycles. The molecule has 9 heteroatoms. The Labute approximate surface area is 216 Å². The third-order valence-electron chi connectivity index (χ3n) is 10.2. The lowest BCUT2D eigenvalue weighted by Gasteiger charge is -2.62. The van der Waals surface area contributed by atoms with Gasteiger partial charge in [-0.1, -0.05) is 40.7 Å². The summed E-state index contributed by atoms with van der Waals surface area (Å²) in [6.45, 7) is 11.9. The summed E-state index contributed by atoms with van der Waals surface area (Å²) in [4.78, 5) is 37.8. The van der Waals surface area contributed by atoms with Crippen LogP contribution in [0.3, 0.4) is 0 Å². The fourth-order valence-corrected chi connectivity index (χ4v) is 7.72. The number of alkyl halides is 2. The third-order valence-corrected chi connectivity index (χ3v) is 10.2. The topological polar surface area (TPSA) is 110 Å². The maximum absolute atomic E-state index is 17.3. The highest BCUT2D eigenvalue weighted by atomic mass is 19.1. The van der Waals surface area contributed by atoms with Crippen LogP contribution in [-0.4, -0.2) is 57.8 Å². The van der Waals surface area contributed by atoms with Crippen molar-refractivity contribution in [1.29, 1.82) is 0 Å². The summed E-state index contributed by atoms with van der Waals surface area (Å²) in [6, 6.07) is 0. The summed E-state index contributed by atoms with van der Waals surface area (Å²) in [5, 5.41) is 21.9. The van der Waals surface area contributed by atoms with E-state index in [9.17, 15) is 24.6 Å². The molecule has 3 fully saturated rings. The molecular weight excluding hydrogens is 486 g/mol. The standard InChI is InChI=1S/C28H38F2O7/c1-14-10-17-18-12-20(29)19-11-16(31)8-9-25(19,6)27(18,30)21(32)13-26(17,7)28(14,22(33)34)37-23(35)36-15(2)24(3,4)5/h8-9,11,14-15,17-18,20-21,32H,10,12-13H2,1-7H3,(H,33,34)/t14-,15?,17+,18+,20+,21+,25+,26+,27?,28-/m1/s1. The number of carbonyl (C=O) groups excluding carboxylic acids is 2. The Kier molecular flexibility index (Phi) is 6.26. The number of halogens is 2. The molecule has 0 spiro atoms. The third kappa shape index (κ3) is 3.55. The minimum absolute atomic E-state index is 0.00654. The van der Waals surface area contributed by atoms with Gasteiger partial charge in [-0.15, -0.1) is 0 Å². The summed E-state index contributed by atoms with van der Waals surface area (Å²) in [7, 11) is 0. The summed E-state index contributed by atoms with van der Waals surface area (Å²) >= 11 is 0. The number of ketones is 1. The van der Waals surface area contributed by atoms with Crippen LogP contribution in [0.1, 0.15) is 67.7 Å². The molecule has 206 valence electrons. The Bertz CT molecular complexity index is 1080. The van der Waals surface area contributed by atoms with E-state index in [0.29, 0.717) is 0 Å². The van der Waals surface area contributed by atoms with Crippen molar-refractivity contribution in [2.45, 2.75) is 97.4 Å². The minimum Gasteiger partial charge on any atom is -0.478 e. The van der Waals surface area contributed by atoms with E-state index >= 15 is 8.78 Å². The molecule has 0 amide bonds. The number of aliphatic carboxylic acids is 1. The molecule has 4 aliphatic carbocycles. The van der Waals surface area contributed by atoms with E-state index in [0.717, 1.165) is 6.08 Å². The zero-order valence-corrected chi connectivity index (χ0v) is 22.5. The highest BCUT2D eigenvalue weighted by Gasteiger charge is 2.78. The number of fused-ring (bicyclic) bond motifs is 5. The second kappa shape index (κ2) is 8.35. The van der Waals surface area contributed by atoms with Gasteiger partial charge in [-0.2, -0.15) is 0 Å². The zero-order valence-electron chi connectivity index (χ0n) is 22.5. The first kappa shape index (κ1) is 27.7. The van der Waals surface area contributed by atoms with Crippen LogP contribution in [0.4, 0.5) is 13.6 Å². The van der Waals surface area contributed by atoms with Gasteiger partial charge in [0.2, 0.25) is 5.60 Å². The molecule has 4 rings (SSSR count). The Morgan fingerprint density at radius 2 is 1.81 bits per heavy atom. The number of carbonyl (C=O) groups is 3. The normalized spacial score (nSPS) is 45.7. The maximum atomic E-state index is 17.3. The summed E-state index contributed by atoms with van der Waals surface area (Å²) in [6.07, 6.45) is -1.94. The lowest BCUT2D eigenvalue weighted by Crippen LogP contribution is -2.71. The van der Waals surface area contributed by atoms with Gasteiger partial charge in [0, 0.05) is 22.7 Å². The van der Waals surface area contributed by atoms with Crippen molar-refractivity contribution in [1.82, 2.24) is 0 Å². The number of aliphatic hydroxyl groups is 1. The minimum atomic E-state index is -2.35. The predicted octanol–water partition coefficient (Wildman–Crippen LogP) is 4.96. The average molecular weight is 525 g/mol. The average Bonchev–Trinajstić information content (AvgIpc) is 2.98. The number of carboxylic acid groups (broad SMARTS) is 1. The van der Waals surface area contributed by atoms with Crippen molar-refractivity contribution < 1.29 is 42.9 Å². The summed E-state index contributed by atoms with van der Waals surface area (Å²) in [5.41, 5.74) is -7.88. The molecule has 0 aromatic heterocycles. The molecule has 7 nitrogen and oxygen atoms in total. The molecule has 37 heavy (non-hydrogen) atoms. The number of hydrogen-bond donors (Lipinski definition) is 2. The Hall–Kier alpha value is -2.29. The lowest BCUT2D eigenvalue weighted by atomic mass is 9.44. The van der Waals surface area contributed by atoms with Crippen molar-refractivity contribution in [3.8, 4) is 0 Å². The first-order valence-electron chi connectivity index (χ1n) is 13.0. The van der Waals surface area contributed by atoms with Crippen LogP contribution in [0.25, 0.3) is 0 Å². The van der Waals surface area contributed by atoms with Gasteiger partial charge in [0.05, 0.1) is 6.10 Å². The van der Waals surface area contributed by atoms with Crippen molar-refractivity contribution in [2.24, 2.45) is 34.0 Å². The monoisotopic (exact) mass is 524 g/mol. The molecule has 0 radical (unpaired) electrons. The van der Waals surface area contributed by atoms with Gasteiger partial charge in [0.25, 0.3) is 0 Å². The summed E-state index contributed by atoms with van der Waals surface area (Å²) in [5.74, 6) is -4.41. The molecule has 0 aromatic rings. The van der Waals surface area contributed by atoms with Crippen molar-refractivity contribution >= 4 is 17.9 Å². The molecule has 4 aliphatic rings. The van der Waals surface area contributed by atoms with E-state index in [4.69, 9.17) is 9.47 Å². The highest BCUT2D eigenvalue weighted by molar-refractivity contribution is 6.01. The largest absolute Gasteiger partial charge is 0.509 e. The van der Waals surface area contributed by atoms with Crippen LogP contribution in [0.2, 0.25) is 0 Å². The quantitative estimate of drug-likeness (QED) is 0.502. The number of aliphatic hydroxyl groups excluding tert-OH is 1. The Morgan fingerprint density at radius 3 is 2.38 bits per heavy atom. The molecule has 2 N–H and O–H groups in total. The van der Waals surface area contributed by atoms with Crippen LogP contribution in [-0.2, 0) is 19.1 Å². The highest BCUT2D eigenvalue weighted by Crippen LogP contribution is 2.71. The van der Waals surface area contributed by atoms with Gasteiger partial charge in [-0.3, -0.25) is 4.79 Å². The number of carboxylic acids is 1. The second-order valence-electron chi connectivity index (χ2n) is 13.0. The van der Waals surface area contributed by atoms with Crippen LogP contribution >= 0.6 is 0 Å². The fourth-order valence-electron chi connectivity index (χ4n) is 7.72. The fraction of sp³-hybridized carbons (Fsp3) is 0.750. The number of rotatable bonds is 3. The molecule has 0 aromatic carbocycles. The molecule has 3 saturated carbocycles. The van der Waals surface area contributed by atoms with Crippen LogP contribution < -0.4 is 0 Å². The molecular formula is C28H38F2O7. The Balaban J connectivity index is 1.77. The van der Waals surface area contributed by atoms with E-state index in [1.165, 1.54) is 19.1 Å². The van der Waals surface area contributed by atoms with Crippen LogP contribution in [0, 0.1) is 34.0 Å².